The number of carboxylic acids is 1. The van der Waals surface area contributed by atoms with Crippen molar-refractivity contribution >= 4 is 23.6 Å². The Labute approximate surface area is 124 Å². The molecule has 0 saturated carbocycles. The molecule has 0 saturated heterocycles. The minimum absolute atomic E-state index is 0.0648. The van der Waals surface area contributed by atoms with Gasteiger partial charge in [-0.2, -0.15) is 0 Å². The lowest BCUT2D eigenvalue weighted by molar-refractivity contribution is -0.137. The second-order valence-electron chi connectivity index (χ2n) is 5.10. The number of amides is 1. The quantitative estimate of drug-likeness (QED) is 0.792. The fraction of sp³-hybridized carbons (Fsp3) is 0.467. The summed E-state index contributed by atoms with van der Waals surface area (Å²) in [6, 6.07) is 5.35. The van der Waals surface area contributed by atoms with Crippen molar-refractivity contribution in [1.82, 2.24) is 5.32 Å². The van der Waals surface area contributed by atoms with E-state index in [9.17, 15) is 9.59 Å². The lowest BCUT2D eigenvalue weighted by Crippen LogP contribution is -2.40. The van der Waals surface area contributed by atoms with Crippen molar-refractivity contribution in [3.05, 3.63) is 29.3 Å². The summed E-state index contributed by atoms with van der Waals surface area (Å²) in [5, 5.41) is 11.7. The Bertz CT molecular complexity index is 500. The van der Waals surface area contributed by atoms with Gasteiger partial charge in [-0.25, -0.2) is 0 Å². The molecule has 1 amide bonds. The number of hydrogen-bond acceptors (Lipinski definition) is 3. The second kappa shape index (κ2) is 7.33. The first-order chi connectivity index (χ1) is 9.35. The molecule has 1 aromatic carbocycles. The number of rotatable bonds is 6. The van der Waals surface area contributed by atoms with E-state index in [4.69, 9.17) is 5.11 Å². The van der Waals surface area contributed by atoms with Crippen LogP contribution in [0.4, 0.5) is 0 Å². The van der Waals surface area contributed by atoms with E-state index < -0.39 is 5.97 Å². The summed E-state index contributed by atoms with van der Waals surface area (Å²) in [7, 11) is 0. The van der Waals surface area contributed by atoms with Crippen molar-refractivity contribution in [2.75, 3.05) is 6.26 Å². The standard InChI is InChI=1S/C15H21NO3S/c1-9(2)13(8-14(17)18)16-15(19)12-7-11(20-4)6-5-10(12)3/h5-7,9,13H,8H2,1-4H3,(H,16,19)(H,17,18). The average Bonchev–Trinajstić information content (AvgIpc) is 2.37. The molecular weight excluding hydrogens is 274 g/mol. The molecule has 0 aromatic heterocycles. The average molecular weight is 295 g/mol. The fourth-order valence-electron chi connectivity index (χ4n) is 1.86. The highest BCUT2D eigenvalue weighted by Crippen LogP contribution is 2.19. The molecule has 110 valence electrons. The molecular formula is C15H21NO3S. The Morgan fingerprint density at radius 2 is 2.00 bits per heavy atom. The molecule has 2 N–H and O–H groups in total. The predicted molar refractivity (Wildman–Crippen MR) is 81.3 cm³/mol. The van der Waals surface area contributed by atoms with Gasteiger partial charge in [-0.1, -0.05) is 19.9 Å². The van der Waals surface area contributed by atoms with Crippen LogP contribution in [0.2, 0.25) is 0 Å². The van der Waals surface area contributed by atoms with Crippen molar-refractivity contribution in [1.29, 1.82) is 0 Å². The molecule has 0 bridgehead atoms. The summed E-state index contributed by atoms with van der Waals surface area (Å²) in [4.78, 5) is 24.2. The van der Waals surface area contributed by atoms with Crippen molar-refractivity contribution in [3.8, 4) is 0 Å². The number of nitrogens with one attached hydrogen (secondary N) is 1. The van der Waals surface area contributed by atoms with Gasteiger partial charge in [0.25, 0.3) is 5.91 Å². The number of benzene rings is 1. The van der Waals surface area contributed by atoms with Gasteiger partial charge in [0, 0.05) is 16.5 Å². The smallest absolute Gasteiger partial charge is 0.305 e. The number of thioether (sulfide) groups is 1. The van der Waals surface area contributed by atoms with Crippen LogP contribution in [0.1, 0.15) is 36.2 Å². The van der Waals surface area contributed by atoms with Crippen LogP contribution in [0.25, 0.3) is 0 Å². The van der Waals surface area contributed by atoms with Crippen LogP contribution in [0.3, 0.4) is 0 Å². The Kier molecular flexibility index (Phi) is 6.07. The molecule has 0 fully saturated rings. The molecule has 0 aliphatic carbocycles. The zero-order valence-corrected chi connectivity index (χ0v) is 13.1. The van der Waals surface area contributed by atoms with E-state index in [0.29, 0.717) is 5.56 Å². The van der Waals surface area contributed by atoms with Gasteiger partial charge >= 0.3 is 5.97 Å². The maximum Gasteiger partial charge on any atom is 0.305 e. The summed E-state index contributed by atoms with van der Waals surface area (Å²) in [6.07, 6.45) is 1.89. The largest absolute Gasteiger partial charge is 0.481 e. The molecule has 4 nitrogen and oxygen atoms in total. The second-order valence-corrected chi connectivity index (χ2v) is 5.98. The minimum atomic E-state index is -0.904. The molecule has 1 rings (SSSR count). The normalized spacial score (nSPS) is 12.2. The molecule has 0 radical (unpaired) electrons. The molecule has 20 heavy (non-hydrogen) atoms. The molecule has 0 heterocycles. The topological polar surface area (TPSA) is 66.4 Å². The van der Waals surface area contributed by atoms with Gasteiger partial charge in [-0.3, -0.25) is 9.59 Å². The zero-order chi connectivity index (χ0) is 15.3. The van der Waals surface area contributed by atoms with Crippen LogP contribution in [0.15, 0.2) is 23.1 Å². The first kappa shape index (κ1) is 16.6. The van der Waals surface area contributed by atoms with E-state index in [0.717, 1.165) is 10.5 Å². The summed E-state index contributed by atoms with van der Waals surface area (Å²) in [5.74, 6) is -1.05. The van der Waals surface area contributed by atoms with E-state index >= 15 is 0 Å². The van der Waals surface area contributed by atoms with Gasteiger partial charge in [0.05, 0.1) is 6.42 Å². The van der Waals surface area contributed by atoms with Gasteiger partial charge in [0.2, 0.25) is 0 Å². The van der Waals surface area contributed by atoms with Gasteiger partial charge < -0.3 is 10.4 Å². The summed E-state index contributed by atoms with van der Waals surface area (Å²) in [5.41, 5.74) is 1.49. The fourth-order valence-corrected chi connectivity index (χ4v) is 2.30. The molecule has 1 atom stereocenters. The van der Waals surface area contributed by atoms with Crippen molar-refractivity contribution in [3.63, 3.8) is 0 Å². The van der Waals surface area contributed by atoms with Crippen molar-refractivity contribution in [2.24, 2.45) is 5.92 Å². The number of aliphatic carboxylic acids is 1. The summed E-state index contributed by atoms with van der Waals surface area (Å²) in [6.45, 7) is 5.68. The first-order valence-electron chi connectivity index (χ1n) is 6.52. The van der Waals surface area contributed by atoms with E-state index in [1.807, 2.05) is 45.2 Å². The van der Waals surface area contributed by atoms with E-state index in [2.05, 4.69) is 5.32 Å². The van der Waals surface area contributed by atoms with Crippen LogP contribution in [0.5, 0.6) is 0 Å². The zero-order valence-electron chi connectivity index (χ0n) is 12.3. The number of aryl methyl sites for hydroxylation is 1. The van der Waals surface area contributed by atoms with Crippen LogP contribution in [0, 0.1) is 12.8 Å². The minimum Gasteiger partial charge on any atom is -0.481 e. The summed E-state index contributed by atoms with van der Waals surface area (Å²) < 4.78 is 0. The van der Waals surface area contributed by atoms with E-state index in [-0.39, 0.29) is 24.3 Å². The van der Waals surface area contributed by atoms with Crippen LogP contribution >= 0.6 is 11.8 Å². The third-order valence-electron chi connectivity index (χ3n) is 3.21. The molecule has 0 spiro atoms. The van der Waals surface area contributed by atoms with Crippen molar-refractivity contribution in [2.45, 2.75) is 38.1 Å². The van der Waals surface area contributed by atoms with Gasteiger partial charge in [0.1, 0.15) is 0 Å². The van der Waals surface area contributed by atoms with Crippen LogP contribution < -0.4 is 5.32 Å². The third kappa shape index (κ3) is 4.56. The Balaban J connectivity index is 2.91. The predicted octanol–water partition coefficient (Wildman–Crippen LogP) is 2.95. The molecule has 5 heteroatoms. The lowest BCUT2D eigenvalue weighted by atomic mass is 10.00. The van der Waals surface area contributed by atoms with Crippen LogP contribution in [-0.2, 0) is 4.79 Å². The summed E-state index contributed by atoms with van der Waals surface area (Å²) >= 11 is 1.57. The van der Waals surface area contributed by atoms with Gasteiger partial charge in [-0.15, -0.1) is 11.8 Å². The van der Waals surface area contributed by atoms with Gasteiger partial charge in [0.15, 0.2) is 0 Å². The van der Waals surface area contributed by atoms with Crippen molar-refractivity contribution < 1.29 is 14.7 Å². The maximum atomic E-state index is 12.3. The molecule has 0 aliphatic heterocycles. The van der Waals surface area contributed by atoms with Gasteiger partial charge in [-0.05, 0) is 36.8 Å². The molecule has 0 aliphatic rings. The molecule has 1 aromatic rings. The number of carboxylic acid groups (broad SMARTS) is 1. The molecule has 1 unspecified atom stereocenters. The SMILES string of the molecule is CSc1ccc(C)c(C(=O)NC(CC(=O)O)C(C)C)c1. The lowest BCUT2D eigenvalue weighted by Gasteiger charge is -2.21. The number of carbonyl (C=O) groups excluding carboxylic acids is 1. The van der Waals surface area contributed by atoms with Crippen LogP contribution in [-0.4, -0.2) is 29.3 Å². The van der Waals surface area contributed by atoms with E-state index in [1.165, 1.54) is 0 Å². The Hall–Kier alpha value is -1.49. The first-order valence-corrected chi connectivity index (χ1v) is 7.75. The highest BCUT2D eigenvalue weighted by molar-refractivity contribution is 7.98. The van der Waals surface area contributed by atoms with E-state index in [1.54, 1.807) is 11.8 Å². The Morgan fingerprint density at radius 3 is 2.50 bits per heavy atom. The number of hydrogen-bond donors (Lipinski definition) is 2. The maximum absolute atomic E-state index is 12.3. The highest BCUT2D eigenvalue weighted by atomic mass is 32.2. The highest BCUT2D eigenvalue weighted by Gasteiger charge is 2.21. The number of carbonyl (C=O) groups is 2. The monoisotopic (exact) mass is 295 g/mol. The Morgan fingerprint density at radius 1 is 1.35 bits per heavy atom. The third-order valence-corrected chi connectivity index (χ3v) is 3.93.